The first kappa shape index (κ1) is 10.6. The maximum Gasteiger partial charge on any atom is 0.143 e. The zero-order chi connectivity index (χ0) is 11.5. The van der Waals surface area contributed by atoms with Crippen LogP contribution in [0, 0.1) is 11.6 Å². The second kappa shape index (κ2) is 4.31. The smallest absolute Gasteiger partial charge is 0.143 e. The van der Waals surface area contributed by atoms with E-state index < -0.39 is 11.6 Å². The minimum Gasteiger partial charge on any atom is -0.380 e. The lowest BCUT2D eigenvalue weighted by atomic mass is 10.2. The number of ether oxygens (including phenoxy) is 1. The topological polar surface area (TPSA) is 52.8 Å². The number of hydrogen-bond donors (Lipinski definition) is 0. The van der Waals surface area contributed by atoms with Gasteiger partial charge in [0, 0.05) is 24.8 Å². The van der Waals surface area contributed by atoms with Gasteiger partial charge in [-0.3, -0.25) is 0 Å². The van der Waals surface area contributed by atoms with E-state index in [1.165, 1.54) is 18.1 Å². The number of aromatic nitrogens is 4. The molecule has 2 aromatic rings. The number of nitrogens with zero attached hydrogens (tertiary/aromatic N) is 4. The van der Waals surface area contributed by atoms with Gasteiger partial charge in [-0.1, -0.05) is 0 Å². The molecule has 0 aliphatic carbocycles. The fourth-order valence-corrected chi connectivity index (χ4v) is 1.28. The number of rotatable bonds is 3. The minimum atomic E-state index is -0.688. The van der Waals surface area contributed by atoms with E-state index in [0.717, 1.165) is 12.1 Å². The van der Waals surface area contributed by atoms with Gasteiger partial charge in [-0.25, -0.2) is 13.5 Å². The van der Waals surface area contributed by atoms with Gasteiger partial charge in [0.15, 0.2) is 0 Å². The van der Waals surface area contributed by atoms with Crippen molar-refractivity contribution in [1.82, 2.24) is 20.2 Å². The van der Waals surface area contributed by atoms with Crippen LogP contribution in [0.25, 0.3) is 5.69 Å². The SMILES string of the molecule is COCc1c(F)cc(-n2cnnn2)cc1F. The van der Waals surface area contributed by atoms with Crippen molar-refractivity contribution in [3.05, 3.63) is 35.7 Å². The van der Waals surface area contributed by atoms with E-state index >= 15 is 0 Å². The molecule has 0 radical (unpaired) electrons. The van der Waals surface area contributed by atoms with Gasteiger partial charge in [0.2, 0.25) is 0 Å². The Labute approximate surface area is 89.6 Å². The zero-order valence-corrected chi connectivity index (χ0v) is 8.39. The molecule has 0 bridgehead atoms. The summed E-state index contributed by atoms with van der Waals surface area (Å²) in [6.07, 6.45) is 1.25. The highest BCUT2D eigenvalue weighted by atomic mass is 19.1. The third-order valence-corrected chi connectivity index (χ3v) is 2.03. The molecule has 0 fully saturated rings. The van der Waals surface area contributed by atoms with Crippen LogP contribution in [0.5, 0.6) is 0 Å². The van der Waals surface area contributed by atoms with E-state index in [0.29, 0.717) is 0 Å². The lowest BCUT2D eigenvalue weighted by Gasteiger charge is -2.06. The van der Waals surface area contributed by atoms with Crippen LogP contribution in [0.1, 0.15) is 5.56 Å². The molecule has 7 heteroatoms. The predicted molar refractivity (Wildman–Crippen MR) is 49.8 cm³/mol. The van der Waals surface area contributed by atoms with Crippen molar-refractivity contribution < 1.29 is 13.5 Å². The summed E-state index contributed by atoms with van der Waals surface area (Å²) in [6, 6.07) is 2.29. The Morgan fingerprint density at radius 3 is 2.50 bits per heavy atom. The van der Waals surface area contributed by atoms with Crippen molar-refractivity contribution in [3.63, 3.8) is 0 Å². The maximum atomic E-state index is 13.5. The molecule has 0 aliphatic heterocycles. The van der Waals surface area contributed by atoms with E-state index in [1.807, 2.05) is 0 Å². The van der Waals surface area contributed by atoms with Crippen molar-refractivity contribution in [2.24, 2.45) is 0 Å². The standard InChI is InChI=1S/C9H8F2N4O/c1-16-4-7-8(10)2-6(3-9(7)11)15-5-12-13-14-15/h2-3,5H,4H2,1H3. The Balaban J connectivity index is 2.45. The van der Waals surface area contributed by atoms with Crippen molar-refractivity contribution >= 4 is 0 Å². The molecule has 84 valence electrons. The average molecular weight is 226 g/mol. The molecule has 1 aromatic heterocycles. The van der Waals surface area contributed by atoms with Gasteiger partial charge >= 0.3 is 0 Å². The fraction of sp³-hybridized carbons (Fsp3) is 0.222. The Kier molecular flexibility index (Phi) is 2.86. The van der Waals surface area contributed by atoms with Gasteiger partial charge in [0.05, 0.1) is 12.3 Å². The van der Waals surface area contributed by atoms with Crippen molar-refractivity contribution in [2.45, 2.75) is 6.61 Å². The molecule has 5 nitrogen and oxygen atoms in total. The van der Waals surface area contributed by atoms with Crippen LogP contribution in [-0.2, 0) is 11.3 Å². The molecule has 0 unspecified atom stereocenters. The molecular formula is C9H8F2N4O. The highest BCUT2D eigenvalue weighted by molar-refractivity contribution is 5.35. The number of hydrogen-bond acceptors (Lipinski definition) is 4. The lowest BCUT2D eigenvalue weighted by Crippen LogP contribution is -2.02. The lowest BCUT2D eigenvalue weighted by molar-refractivity contribution is 0.177. The Hall–Kier alpha value is -1.89. The van der Waals surface area contributed by atoms with E-state index in [1.54, 1.807) is 0 Å². The van der Waals surface area contributed by atoms with Gasteiger partial charge < -0.3 is 4.74 Å². The summed E-state index contributed by atoms with van der Waals surface area (Å²) in [5.74, 6) is -1.38. The molecule has 0 spiro atoms. The average Bonchev–Trinajstić information content (AvgIpc) is 2.76. The van der Waals surface area contributed by atoms with Crippen LogP contribution >= 0.6 is 0 Å². The second-order valence-electron chi connectivity index (χ2n) is 3.08. The van der Waals surface area contributed by atoms with Crippen LogP contribution in [0.4, 0.5) is 8.78 Å². The van der Waals surface area contributed by atoms with Crippen molar-refractivity contribution in [1.29, 1.82) is 0 Å². The van der Waals surface area contributed by atoms with Crippen LogP contribution in [0.2, 0.25) is 0 Å². The molecule has 0 saturated heterocycles. The van der Waals surface area contributed by atoms with Crippen molar-refractivity contribution in [3.8, 4) is 5.69 Å². The summed E-state index contributed by atoms with van der Waals surface area (Å²) in [5, 5.41) is 10.3. The first-order valence-corrected chi connectivity index (χ1v) is 4.42. The highest BCUT2D eigenvalue weighted by Gasteiger charge is 2.12. The summed E-state index contributed by atoms with van der Waals surface area (Å²) in [6.45, 7) is -0.118. The summed E-state index contributed by atoms with van der Waals surface area (Å²) >= 11 is 0. The molecule has 16 heavy (non-hydrogen) atoms. The molecule has 0 saturated carbocycles. The quantitative estimate of drug-likeness (QED) is 0.786. The van der Waals surface area contributed by atoms with Gasteiger partial charge in [0.25, 0.3) is 0 Å². The Morgan fingerprint density at radius 1 is 1.31 bits per heavy atom. The Morgan fingerprint density at radius 2 is 2.00 bits per heavy atom. The largest absolute Gasteiger partial charge is 0.380 e. The Bertz CT molecular complexity index is 463. The third kappa shape index (κ3) is 1.89. The second-order valence-corrected chi connectivity index (χ2v) is 3.08. The molecule has 1 heterocycles. The van der Waals surface area contributed by atoms with E-state index in [2.05, 4.69) is 15.5 Å². The van der Waals surface area contributed by atoms with E-state index in [-0.39, 0.29) is 17.9 Å². The molecule has 1 aromatic carbocycles. The van der Waals surface area contributed by atoms with Crippen LogP contribution in [0.3, 0.4) is 0 Å². The normalized spacial score (nSPS) is 10.7. The van der Waals surface area contributed by atoms with Gasteiger partial charge in [0.1, 0.15) is 18.0 Å². The highest BCUT2D eigenvalue weighted by Crippen LogP contribution is 2.18. The number of tetrazole rings is 1. The molecule has 0 atom stereocenters. The third-order valence-electron chi connectivity index (χ3n) is 2.03. The van der Waals surface area contributed by atoms with Gasteiger partial charge in [-0.15, -0.1) is 5.10 Å². The monoisotopic (exact) mass is 226 g/mol. The molecule has 0 amide bonds. The summed E-state index contributed by atoms with van der Waals surface area (Å²) in [4.78, 5) is 0. The predicted octanol–water partition coefficient (Wildman–Crippen LogP) is 1.09. The number of benzene rings is 1. The molecule has 2 rings (SSSR count). The first-order valence-electron chi connectivity index (χ1n) is 4.42. The number of methoxy groups -OCH3 is 1. The number of halogens is 2. The summed E-state index contributed by atoms with van der Waals surface area (Å²) in [7, 11) is 1.37. The zero-order valence-electron chi connectivity index (χ0n) is 8.39. The van der Waals surface area contributed by atoms with Crippen LogP contribution < -0.4 is 0 Å². The van der Waals surface area contributed by atoms with E-state index in [9.17, 15) is 8.78 Å². The minimum absolute atomic E-state index is 0.112. The molecular weight excluding hydrogens is 218 g/mol. The van der Waals surface area contributed by atoms with Gasteiger partial charge in [-0.2, -0.15) is 0 Å². The first-order chi connectivity index (χ1) is 7.72. The van der Waals surface area contributed by atoms with Crippen LogP contribution in [0.15, 0.2) is 18.5 Å². The maximum absolute atomic E-state index is 13.5. The fourth-order valence-electron chi connectivity index (χ4n) is 1.28. The van der Waals surface area contributed by atoms with Crippen molar-refractivity contribution in [2.75, 3.05) is 7.11 Å². The van der Waals surface area contributed by atoms with E-state index in [4.69, 9.17) is 4.74 Å². The van der Waals surface area contributed by atoms with Crippen LogP contribution in [-0.4, -0.2) is 27.3 Å². The summed E-state index contributed by atoms with van der Waals surface area (Å²) < 4.78 is 32.8. The van der Waals surface area contributed by atoms with Gasteiger partial charge in [-0.05, 0) is 10.4 Å². The summed E-state index contributed by atoms with van der Waals surface area (Å²) in [5.41, 5.74) is 0.110. The molecule has 0 N–H and O–H groups in total. The molecule has 0 aliphatic rings.